The smallest absolute Gasteiger partial charge is 0.335 e. The molecule has 1 amide bonds. The maximum Gasteiger partial charge on any atom is 0.335 e. The molecule has 1 aromatic rings. The minimum Gasteiger partial charge on any atom is -0.424 e. The minimum absolute atomic E-state index is 0.171. The molecule has 1 heterocycles. The molecule has 1 aliphatic heterocycles. The fourth-order valence-electron chi connectivity index (χ4n) is 3.66. The van der Waals surface area contributed by atoms with Crippen molar-refractivity contribution in [1.29, 1.82) is 0 Å². The van der Waals surface area contributed by atoms with Crippen LogP contribution in [0.3, 0.4) is 0 Å². The average molecular weight is 353 g/mol. The summed E-state index contributed by atoms with van der Waals surface area (Å²) in [5, 5.41) is 3.02. The number of nitrogens with one attached hydrogen (secondary N) is 1. The fourth-order valence-corrected chi connectivity index (χ4v) is 3.66. The molecule has 5 heteroatoms. The Morgan fingerprint density at radius 3 is 2.54 bits per heavy atom. The minimum atomic E-state index is -0.784. The van der Waals surface area contributed by atoms with Gasteiger partial charge in [-0.15, -0.1) is 0 Å². The molecule has 1 saturated carbocycles. The van der Waals surface area contributed by atoms with E-state index in [-0.39, 0.29) is 11.7 Å². The summed E-state index contributed by atoms with van der Waals surface area (Å²) in [7, 11) is 0. The quantitative estimate of drug-likeness (QED) is 0.669. The molecule has 1 aliphatic carbocycles. The first kappa shape index (κ1) is 18.1. The Balaban J connectivity index is 2.16. The number of esters is 1. The third kappa shape index (κ3) is 3.21. The van der Waals surface area contributed by atoms with E-state index in [4.69, 9.17) is 4.74 Å². The highest BCUT2D eigenvalue weighted by atomic mass is 16.5. The molecule has 26 heavy (non-hydrogen) atoms. The van der Waals surface area contributed by atoms with Crippen molar-refractivity contribution < 1.29 is 19.1 Å². The van der Waals surface area contributed by atoms with Gasteiger partial charge in [0, 0.05) is 18.9 Å². The van der Waals surface area contributed by atoms with Gasteiger partial charge in [-0.25, -0.2) is 4.79 Å². The van der Waals surface area contributed by atoms with Crippen LogP contribution in [0.15, 0.2) is 36.1 Å². The van der Waals surface area contributed by atoms with E-state index in [1.165, 1.54) is 6.08 Å². The van der Waals surface area contributed by atoms with Gasteiger partial charge in [0.15, 0.2) is 0 Å². The van der Waals surface area contributed by atoms with Gasteiger partial charge in [0.05, 0.1) is 5.57 Å². The molecule has 0 bridgehead atoms. The highest BCUT2D eigenvalue weighted by Crippen LogP contribution is 2.43. The Hall–Kier alpha value is -2.69. The lowest BCUT2D eigenvalue weighted by molar-refractivity contribution is -0.135. The SMILES string of the molecule is C/C=C/C(=O)OC1=C(c2cc(C)ccc2C)C(=O)NC12CCC(=O)CC2. The third-order valence-electron chi connectivity index (χ3n) is 5.07. The Kier molecular flexibility index (Phi) is 4.81. The molecule has 1 fully saturated rings. The fraction of sp³-hybridized carbons (Fsp3) is 0.381. The zero-order valence-electron chi connectivity index (χ0n) is 15.3. The second-order valence-corrected chi connectivity index (χ2v) is 7.02. The van der Waals surface area contributed by atoms with Gasteiger partial charge in [0.25, 0.3) is 5.91 Å². The number of hydrogen-bond acceptors (Lipinski definition) is 4. The van der Waals surface area contributed by atoms with E-state index < -0.39 is 11.5 Å². The molecule has 1 N–H and O–H groups in total. The van der Waals surface area contributed by atoms with Crippen molar-refractivity contribution in [2.75, 3.05) is 0 Å². The monoisotopic (exact) mass is 353 g/mol. The molecule has 5 nitrogen and oxygen atoms in total. The number of ketones is 1. The first-order valence-corrected chi connectivity index (χ1v) is 8.87. The van der Waals surface area contributed by atoms with Crippen LogP contribution in [0.5, 0.6) is 0 Å². The van der Waals surface area contributed by atoms with Gasteiger partial charge < -0.3 is 10.1 Å². The summed E-state index contributed by atoms with van der Waals surface area (Å²) in [6.45, 7) is 5.61. The van der Waals surface area contributed by atoms with Crippen LogP contribution in [0.25, 0.3) is 5.57 Å². The van der Waals surface area contributed by atoms with Crippen molar-refractivity contribution >= 4 is 23.2 Å². The number of carbonyl (C=O) groups is 3. The number of benzene rings is 1. The summed E-state index contributed by atoms with van der Waals surface area (Å²) in [5.41, 5.74) is 2.33. The predicted octanol–water partition coefficient (Wildman–Crippen LogP) is 3.15. The van der Waals surface area contributed by atoms with Crippen LogP contribution in [0.2, 0.25) is 0 Å². The lowest BCUT2D eigenvalue weighted by Crippen LogP contribution is -2.48. The van der Waals surface area contributed by atoms with Gasteiger partial charge in [-0.2, -0.15) is 0 Å². The van der Waals surface area contributed by atoms with E-state index in [0.717, 1.165) is 16.7 Å². The van der Waals surface area contributed by atoms with Crippen molar-refractivity contribution in [3.63, 3.8) is 0 Å². The van der Waals surface area contributed by atoms with E-state index >= 15 is 0 Å². The molecule has 0 unspecified atom stereocenters. The van der Waals surface area contributed by atoms with Crippen LogP contribution in [0.4, 0.5) is 0 Å². The maximum absolute atomic E-state index is 12.9. The Morgan fingerprint density at radius 1 is 1.19 bits per heavy atom. The molecule has 136 valence electrons. The second-order valence-electron chi connectivity index (χ2n) is 7.02. The second kappa shape index (κ2) is 6.90. The van der Waals surface area contributed by atoms with Crippen LogP contribution >= 0.6 is 0 Å². The number of amides is 1. The molecule has 1 spiro atoms. The lowest BCUT2D eigenvalue weighted by atomic mass is 9.79. The molecule has 0 atom stereocenters. The first-order valence-electron chi connectivity index (χ1n) is 8.87. The van der Waals surface area contributed by atoms with Crippen LogP contribution in [-0.4, -0.2) is 23.2 Å². The highest BCUT2D eigenvalue weighted by Gasteiger charge is 2.49. The van der Waals surface area contributed by atoms with Crippen LogP contribution in [0, 0.1) is 13.8 Å². The molecular weight excluding hydrogens is 330 g/mol. The van der Waals surface area contributed by atoms with Gasteiger partial charge in [0.2, 0.25) is 0 Å². The summed E-state index contributed by atoms with van der Waals surface area (Å²) >= 11 is 0. The zero-order chi connectivity index (χ0) is 18.9. The van der Waals surface area contributed by atoms with Crippen LogP contribution in [0.1, 0.15) is 49.3 Å². The van der Waals surface area contributed by atoms with E-state index in [0.29, 0.717) is 37.0 Å². The number of Topliss-reactive ketones (excluding diaryl/α,β-unsaturated/α-hetero) is 1. The lowest BCUT2D eigenvalue weighted by Gasteiger charge is -2.34. The van der Waals surface area contributed by atoms with Crippen molar-refractivity contribution in [2.45, 2.75) is 52.0 Å². The molecule has 3 rings (SSSR count). The number of carbonyl (C=O) groups excluding carboxylic acids is 3. The zero-order valence-corrected chi connectivity index (χ0v) is 15.3. The number of ether oxygens (including phenoxy) is 1. The molecule has 0 radical (unpaired) electrons. The summed E-state index contributed by atoms with van der Waals surface area (Å²) in [6.07, 6.45) is 4.56. The molecule has 1 aromatic carbocycles. The topological polar surface area (TPSA) is 72.5 Å². The van der Waals surface area contributed by atoms with E-state index in [1.807, 2.05) is 32.0 Å². The van der Waals surface area contributed by atoms with Gasteiger partial charge >= 0.3 is 5.97 Å². The summed E-state index contributed by atoms with van der Waals surface area (Å²) in [6, 6.07) is 5.86. The summed E-state index contributed by atoms with van der Waals surface area (Å²) in [5.74, 6) is -0.245. The van der Waals surface area contributed by atoms with Crippen molar-refractivity contribution in [3.05, 3.63) is 52.8 Å². The van der Waals surface area contributed by atoms with Crippen molar-refractivity contribution in [3.8, 4) is 0 Å². The summed E-state index contributed by atoms with van der Waals surface area (Å²) < 4.78 is 5.67. The number of rotatable bonds is 3. The third-order valence-corrected chi connectivity index (χ3v) is 5.07. The maximum atomic E-state index is 12.9. The highest BCUT2D eigenvalue weighted by molar-refractivity contribution is 6.24. The Labute approximate surface area is 153 Å². The van der Waals surface area contributed by atoms with Gasteiger partial charge in [-0.1, -0.05) is 29.8 Å². The van der Waals surface area contributed by atoms with Crippen LogP contribution in [-0.2, 0) is 19.1 Å². The number of hydrogen-bond donors (Lipinski definition) is 1. The summed E-state index contributed by atoms with van der Waals surface area (Å²) in [4.78, 5) is 36.8. The largest absolute Gasteiger partial charge is 0.424 e. The van der Waals surface area contributed by atoms with Crippen LogP contribution < -0.4 is 5.32 Å². The van der Waals surface area contributed by atoms with Crippen molar-refractivity contribution in [1.82, 2.24) is 5.32 Å². The Bertz CT molecular complexity index is 838. The number of allylic oxidation sites excluding steroid dienone is 1. The Morgan fingerprint density at radius 2 is 1.88 bits per heavy atom. The van der Waals surface area contributed by atoms with Gasteiger partial charge in [0.1, 0.15) is 17.1 Å². The standard InChI is InChI=1S/C21H23NO4/c1-4-5-17(24)26-19-18(16-12-13(2)6-7-14(16)3)20(25)22-21(19)10-8-15(23)9-11-21/h4-7,12H,8-11H2,1-3H3,(H,22,25)/b5-4+. The van der Waals surface area contributed by atoms with Crippen molar-refractivity contribution in [2.24, 2.45) is 0 Å². The predicted molar refractivity (Wildman–Crippen MR) is 98.1 cm³/mol. The first-order chi connectivity index (χ1) is 12.4. The molecule has 0 aromatic heterocycles. The molecule has 0 saturated heterocycles. The normalized spacial score (nSPS) is 19.3. The van der Waals surface area contributed by atoms with E-state index in [9.17, 15) is 14.4 Å². The van der Waals surface area contributed by atoms with E-state index in [2.05, 4.69) is 5.32 Å². The number of aryl methyl sites for hydroxylation is 2. The molecule has 2 aliphatic rings. The van der Waals surface area contributed by atoms with Gasteiger partial charge in [-0.3, -0.25) is 9.59 Å². The molecular formula is C21H23NO4. The average Bonchev–Trinajstić information content (AvgIpc) is 2.85. The van der Waals surface area contributed by atoms with Gasteiger partial charge in [-0.05, 0) is 44.7 Å². The van der Waals surface area contributed by atoms with E-state index in [1.54, 1.807) is 13.0 Å².